The fourth-order valence-electron chi connectivity index (χ4n) is 8.00. The number of hydrogen-bond donors (Lipinski definition) is 2. The summed E-state index contributed by atoms with van der Waals surface area (Å²) in [5.74, 6) is 0. The third kappa shape index (κ3) is 10.2. The van der Waals surface area contributed by atoms with Gasteiger partial charge < -0.3 is 9.47 Å². The minimum atomic E-state index is -0.402. The lowest BCUT2D eigenvalue weighted by Gasteiger charge is -2.31. The Morgan fingerprint density at radius 3 is 1.16 bits per heavy atom. The van der Waals surface area contributed by atoms with Gasteiger partial charge in [-0.3, -0.25) is 20.4 Å². The Morgan fingerprint density at radius 2 is 0.776 bits per heavy atom. The van der Waals surface area contributed by atoms with Crippen molar-refractivity contribution < 1.29 is 19.1 Å². The van der Waals surface area contributed by atoms with Crippen LogP contribution in [0, 0.1) is 0 Å². The van der Waals surface area contributed by atoms with Crippen LogP contribution in [-0.2, 0) is 22.6 Å². The minimum Gasteiger partial charge on any atom is -0.446 e. The Labute approximate surface area is 341 Å². The number of rotatable bonds is 11. The number of hydrogen-bond acceptors (Lipinski definition) is 6. The van der Waals surface area contributed by atoms with Crippen molar-refractivity contribution in [2.45, 2.75) is 51.0 Å². The fraction of sp³-hybridized carbons (Fsp3) is 0.240. The molecule has 0 saturated carbocycles. The molecule has 6 aromatic carbocycles. The second-order valence-corrected chi connectivity index (χ2v) is 15.2. The number of piperidine rings is 2. The molecule has 0 atom stereocenters. The molecule has 2 fully saturated rings. The second kappa shape index (κ2) is 18.8. The Hall–Kier alpha value is -6.22. The largest absolute Gasteiger partial charge is 0.446 e. The van der Waals surface area contributed by atoms with E-state index in [1.165, 1.54) is 22.3 Å². The molecule has 0 radical (unpaired) electrons. The van der Waals surface area contributed by atoms with Gasteiger partial charge in [0.1, 0.15) is 12.2 Å². The van der Waals surface area contributed by atoms with Gasteiger partial charge in [0.2, 0.25) is 0 Å². The fourth-order valence-corrected chi connectivity index (χ4v) is 8.00. The average Bonchev–Trinajstić information content (AvgIpc) is 3.26. The summed E-state index contributed by atoms with van der Waals surface area (Å²) in [6.45, 7) is 5.27. The highest BCUT2D eigenvalue weighted by Gasteiger charge is 2.24. The van der Waals surface area contributed by atoms with Crippen LogP contribution in [0.1, 0.15) is 36.8 Å². The van der Waals surface area contributed by atoms with Gasteiger partial charge in [0.05, 0.1) is 11.4 Å². The molecular weight excluding hydrogens is 721 g/mol. The van der Waals surface area contributed by atoms with E-state index in [4.69, 9.17) is 9.47 Å². The maximum absolute atomic E-state index is 12.9. The zero-order chi connectivity index (χ0) is 39.5. The quantitative estimate of drug-likeness (QED) is 0.137. The summed E-state index contributed by atoms with van der Waals surface area (Å²) in [5, 5.41) is 5.94. The molecule has 0 aliphatic carbocycles. The van der Waals surface area contributed by atoms with E-state index < -0.39 is 12.2 Å². The van der Waals surface area contributed by atoms with E-state index in [1.54, 1.807) is 0 Å². The molecule has 6 aromatic rings. The van der Waals surface area contributed by atoms with E-state index in [0.29, 0.717) is 0 Å². The van der Waals surface area contributed by atoms with Crippen molar-refractivity contribution in [2.75, 3.05) is 36.8 Å². The molecule has 2 aliphatic heterocycles. The molecule has 2 saturated heterocycles. The molecule has 0 aromatic heterocycles. The first-order valence-corrected chi connectivity index (χ1v) is 20.4. The highest BCUT2D eigenvalue weighted by atomic mass is 16.6. The molecule has 0 unspecified atom stereocenters. The number of carbonyl (C=O) groups is 2. The summed E-state index contributed by atoms with van der Waals surface area (Å²) in [7, 11) is 0. The molecule has 2 heterocycles. The van der Waals surface area contributed by atoms with Crippen molar-refractivity contribution in [1.82, 2.24) is 9.80 Å². The van der Waals surface area contributed by atoms with E-state index in [-0.39, 0.29) is 12.2 Å². The summed E-state index contributed by atoms with van der Waals surface area (Å²) in [6.07, 6.45) is 2.25. The highest BCUT2D eigenvalue weighted by Crippen LogP contribution is 2.30. The van der Waals surface area contributed by atoms with Gasteiger partial charge in [-0.1, -0.05) is 146 Å². The van der Waals surface area contributed by atoms with Crippen LogP contribution in [0.5, 0.6) is 0 Å². The van der Waals surface area contributed by atoms with Crippen LogP contribution in [0.3, 0.4) is 0 Å². The SMILES string of the molecule is O=C(Nc1ccccc1-c1ccccc1)OC1CCN(Cc2ccc(-c3ccc(CN4CCC(OC(=O)Nc5ccccc5-c5ccccc5)CC4)cc3)cc2)CC1. The number of nitrogens with zero attached hydrogens (tertiary/aromatic N) is 2. The maximum atomic E-state index is 12.9. The predicted molar refractivity (Wildman–Crippen MR) is 232 cm³/mol. The van der Waals surface area contributed by atoms with Gasteiger partial charge in [-0.05, 0) is 71.2 Å². The number of amides is 2. The molecule has 8 rings (SSSR count). The lowest BCUT2D eigenvalue weighted by Crippen LogP contribution is -2.38. The summed E-state index contributed by atoms with van der Waals surface area (Å²) >= 11 is 0. The topological polar surface area (TPSA) is 83.1 Å². The number of carbonyl (C=O) groups excluding carboxylic acids is 2. The van der Waals surface area contributed by atoms with Crippen molar-refractivity contribution in [3.05, 3.63) is 169 Å². The van der Waals surface area contributed by atoms with Crippen LogP contribution in [0.2, 0.25) is 0 Å². The summed E-state index contributed by atoms with van der Waals surface area (Å²) in [4.78, 5) is 30.6. The second-order valence-electron chi connectivity index (χ2n) is 15.2. The maximum Gasteiger partial charge on any atom is 0.411 e. The molecule has 294 valence electrons. The number of nitrogens with one attached hydrogen (secondary N) is 2. The normalized spacial score (nSPS) is 15.4. The summed E-state index contributed by atoms with van der Waals surface area (Å²) < 4.78 is 11.7. The Balaban J connectivity index is 0.746. The number of anilines is 2. The molecule has 0 spiro atoms. The Morgan fingerprint density at radius 1 is 0.431 bits per heavy atom. The van der Waals surface area contributed by atoms with E-state index in [0.717, 1.165) is 98.6 Å². The molecule has 58 heavy (non-hydrogen) atoms. The number of likely N-dealkylation sites (tertiary alicyclic amines) is 2. The summed E-state index contributed by atoms with van der Waals surface area (Å²) in [6, 6.07) is 53.4. The van der Waals surface area contributed by atoms with Crippen molar-refractivity contribution in [2.24, 2.45) is 0 Å². The van der Waals surface area contributed by atoms with Crippen LogP contribution in [0.25, 0.3) is 33.4 Å². The van der Waals surface area contributed by atoms with Gasteiger partial charge in [-0.25, -0.2) is 9.59 Å². The van der Waals surface area contributed by atoms with Gasteiger partial charge in [0, 0.05) is 50.4 Å². The molecule has 2 amide bonds. The van der Waals surface area contributed by atoms with E-state index >= 15 is 0 Å². The van der Waals surface area contributed by atoms with Crippen molar-refractivity contribution in [3.8, 4) is 33.4 Å². The third-order valence-corrected chi connectivity index (χ3v) is 11.2. The van der Waals surface area contributed by atoms with E-state index in [9.17, 15) is 9.59 Å². The molecule has 8 nitrogen and oxygen atoms in total. The van der Waals surface area contributed by atoms with Gasteiger partial charge in [0.25, 0.3) is 0 Å². The molecule has 2 N–H and O–H groups in total. The molecule has 8 heteroatoms. The monoisotopic (exact) mass is 770 g/mol. The Bertz CT molecular complexity index is 2090. The van der Waals surface area contributed by atoms with Crippen LogP contribution in [0.15, 0.2) is 158 Å². The molecule has 0 bridgehead atoms. The predicted octanol–water partition coefficient (Wildman–Crippen LogP) is 11.1. The van der Waals surface area contributed by atoms with Crippen LogP contribution in [0.4, 0.5) is 21.0 Å². The van der Waals surface area contributed by atoms with Crippen molar-refractivity contribution >= 4 is 23.6 Å². The Kier molecular flexibility index (Phi) is 12.5. The first kappa shape index (κ1) is 38.6. The van der Waals surface area contributed by atoms with Gasteiger partial charge in [0.15, 0.2) is 0 Å². The van der Waals surface area contributed by atoms with E-state index in [2.05, 4.69) is 69.0 Å². The smallest absolute Gasteiger partial charge is 0.411 e. The lowest BCUT2D eigenvalue weighted by atomic mass is 10.0. The van der Waals surface area contributed by atoms with Crippen molar-refractivity contribution in [1.29, 1.82) is 0 Å². The average molecular weight is 771 g/mol. The number of ether oxygens (including phenoxy) is 2. The first-order valence-electron chi connectivity index (χ1n) is 20.4. The lowest BCUT2D eigenvalue weighted by molar-refractivity contribution is 0.0562. The highest BCUT2D eigenvalue weighted by molar-refractivity contribution is 5.92. The van der Waals surface area contributed by atoms with Crippen LogP contribution in [-0.4, -0.2) is 60.4 Å². The first-order chi connectivity index (χ1) is 28.5. The number of benzene rings is 6. The van der Waals surface area contributed by atoms with Crippen LogP contribution >= 0.6 is 0 Å². The van der Waals surface area contributed by atoms with Gasteiger partial charge in [-0.2, -0.15) is 0 Å². The summed E-state index contributed by atoms with van der Waals surface area (Å²) in [5.41, 5.74) is 10.5. The number of para-hydroxylation sites is 2. The third-order valence-electron chi connectivity index (χ3n) is 11.2. The minimum absolute atomic E-state index is 0.0978. The van der Waals surface area contributed by atoms with Crippen molar-refractivity contribution in [3.63, 3.8) is 0 Å². The van der Waals surface area contributed by atoms with E-state index in [1.807, 2.05) is 109 Å². The van der Waals surface area contributed by atoms with Gasteiger partial charge in [-0.15, -0.1) is 0 Å². The molecule has 2 aliphatic rings. The standard InChI is InChI=1S/C50H50N4O4/c55-49(51-47-17-9-7-15-45(47)41-11-3-1-4-12-41)57-43-27-31-53(32-28-43)35-37-19-23-39(24-20-37)40-25-21-38(22-26-40)36-54-33-29-44(30-34-54)58-50(56)52-48-18-10-8-16-46(48)42-13-5-2-6-14-42/h1-26,43-44H,27-36H2,(H,51,55)(H,52,56). The molecular formula is C50H50N4O4. The zero-order valence-electron chi connectivity index (χ0n) is 32.8. The van der Waals surface area contributed by atoms with Gasteiger partial charge >= 0.3 is 12.2 Å². The van der Waals surface area contributed by atoms with Crippen LogP contribution < -0.4 is 10.6 Å². The zero-order valence-corrected chi connectivity index (χ0v) is 32.8.